The Balaban J connectivity index is 2.58. The van der Waals surface area contributed by atoms with E-state index in [-0.39, 0.29) is 5.75 Å². The normalized spacial score (nSPS) is 10.0. The van der Waals surface area contributed by atoms with Gasteiger partial charge in [-0.25, -0.2) is 4.39 Å². The van der Waals surface area contributed by atoms with Crippen LogP contribution in [0.4, 0.5) is 4.39 Å². The Labute approximate surface area is 87.8 Å². The second kappa shape index (κ2) is 6.14. The molecule has 0 saturated heterocycles. The van der Waals surface area contributed by atoms with Gasteiger partial charge >= 0.3 is 0 Å². The van der Waals surface area contributed by atoms with Crippen molar-refractivity contribution in [3.8, 4) is 5.75 Å². The predicted molar refractivity (Wildman–Crippen MR) is 53.8 cm³/mol. The molecular weight excluding hydrogens is 199 g/mol. The molecule has 1 aromatic carbocycles. The highest BCUT2D eigenvalue weighted by atomic mass is 19.1. The number of carbonyl (C=O) groups is 1. The van der Waals surface area contributed by atoms with Gasteiger partial charge in [0.25, 0.3) is 0 Å². The number of halogens is 1. The van der Waals surface area contributed by atoms with Crippen molar-refractivity contribution in [2.75, 3.05) is 20.3 Å². The summed E-state index contributed by atoms with van der Waals surface area (Å²) in [5, 5.41) is 0. The summed E-state index contributed by atoms with van der Waals surface area (Å²) >= 11 is 0. The molecule has 0 bridgehead atoms. The first-order chi connectivity index (χ1) is 7.27. The number of ether oxygens (including phenoxy) is 2. The van der Waals surface area contributed by atoms with E-state index in [1.165, 1.54) is 18.2 Å². The summed E-state index contributed by atoms with van der Waals surface area (Å²) < 4.78 is 22.9. The van der Waals surface area contributed by atoms with E-state index in [0.29, 0.717) is 31.5 Å². The molecule has 0 aromatic heterocycles. The van der Waals surface area contributed by atoms with Gasteiger partial charge in [-0.05, 0) is 12.1 Å². The first kappa shape index (κ1) is 11.7. The van der Waals surface area contributed by atoms with Crippen LogP contribution in [0, 0.1) is 5.82 Å². The van der Waals surface area contributed by atoms with Gasteiger partial charge in [0.15, 0.2) is 6.29 Å². The number of aldehydes is 1. The van der Waals surface area contributed by atoms with E-state index >= 15 is 0 Å². The molecule has 0 N–H and O–H groups in total. The zero-order chi connectivity index (χ0) is 11.1. The lowest BCUT2D eigenvalue weighted by molar-refractivity contribution is 0.111. The van der Waals surface area contributed by atoms with E-state index < -0.39 is 5.82 Å². The zero-order valence-corrected chi connectivity index (χ0v) is 8.53. The fourth-order valence-electron chi connectivity index (χ4n) is 1.12. The molecule has 3 nitrogen and oxygen atoms in total. The predicted octanol–water partition coefficient (Wildman–Crippen LogP) is 2.05. The summed E-state index contributed by atoms with van der Waals surface area (Å²) in [5.41, 5.74) is 0.355. The molecule has 0 fully saturated rings. The lowest BCUT2D eigenvalue weighted by atomic mass is 10.2. The second-order valence-corrected chi connectivity index (χ2v) is 2.99. The molecule has 0 radical (unpaired) electrons. The van der Waals surface area contributed by atoms with Crippen LogP contribution in [0.5, 0.6) is 5.75 Å². The highest BCUT2D eigenvalue weighted by Gasteiger charge is 2.04. The third kappa shape index (κ3) is 3.67. The Morgan fingerprint density at radius 1 is 1.40 bits per heavy atom. The molecular formula is C11H13FO3. The van der Waals surface area contributed by atoms with Crippen LogP contribution >= 0.6 is 0 Å². The minimum absolute atomic E-state index is 0.279. The molecule has 82 valence electrons. The Hall–Kier alpha value is -1.42. The summed E-state index contributed by atoms with van der Waals surface area (Å²) in [6.45, 7) is 0.976. The van der Waals surface area contributed by atoms with Crippen LogP contribution < -0.4 is 4.74 Å². The first-order valence-electron chi connectivity index (χ1n) is 4.64. The summed E-state index contributed by atoms with van der Waals surface area (Å²) in [6, 6.07) is 3.83. The third-order valence-corrected chi connectivity index (χ3v) is 1.85. The van der Waals surface area contributed by atoms with Crippen molar-refractivity contribution in [1.29, 1.82) is 0 Å². The largest absolute Gasteiger partial charge is 0.493 e. The van der Waals surface area contributed by atoms with Crippen LogP contribution in [0.15, 0.2) is 18.2 Å². The van der Waals surface area contributed by atoms with Gasteiger partial charge < -0.3 is 9.47 Å². The van der Waals surface area contributed by atoms with Gasteiger partial charge in [0.1, 0.15) is 11.6 Å². The minimum Gasteiger partial charge on any atom is -0.493 e. The van der Waals surface area contributed by atoms with Crippen molar-refractivity contribution in [3.05, 3.63) is 29.6 Å². The van der Waals surface area contributed by atoms with Crippen molar-refractivity contribution in [2.24, 2.45) is 0 Å². The second-order valence-electron chi connectivity index (χ2n) is 2.99. The molecule has 0 atom stereocenters. The zero-order valence-electron chi connectivity index (χ0n) is 8.53. The van der Waals surface area contributed by atoms with E-state index in [2.05, 4.69) is 0 Å². The van der Waals surface area contributed by atoms with Gasteiger partial charge in [0.05, 0.1) is 12.2 Å². The number of hydrogen-bond acceptors (Lipinski definition) is 3. The standard InChI is InChI=1S/C11H13FO3/c1-14-5-2-6-15-11-7-10(12)4-3-9(11)8-13/h3-4,7-8H,2,5-6H2,1H3. The topological polar surface area (TPSA) is 35.5 Å². The van der Waals surface area contributed by atoms with E-state index in [4.69, 9.17) is 9.47 Å². The number of hydrogen-bond donors (Lipinski definition) is 0. The third-order valence-electron chi connectivity index (χ3n) is 1.85. The number of benzene rings is 1. The van der Waals surface area contributed by atoms with Crippen LogP contribution in [0.3, 0.4) is 0 Å². The maximum atomic E-state index is 12.8. The molecule has 0 unspecified atom stereocenters. The lowest BCUT2D eigenvalue weighted by Gasteiger charge is -2.07. The molecule has 0 heterocycles. The maximum Gasteiger partial charge on any atom is 0.153 e. The van der Waals surface area contributed by atoms with E-state index in [9.17, 15) is 9.18 Å². The summed E-state index contributed by atoms with van der Waals surface area (Å²) in [5.74, 6) is -0.136. The van der Waals surface area contributed by atoms with Crippen molar-refractivity contribution in [1.82, 2.24) is 0 Å². The fraction of sp³-hybridized carbons (Fsp3) is 0.364. The molecule has 0 saturated carbocycles. The van der Waals surface area contributed by atoms with Crippen LogP contribution in [0.1, 0.15) is 16.8 Å². The van der Waals surface area contributed by atoms with Crippen molar-refractivity contribution in [3.63, 3.8) is 0 Å². The SMILES string of the molecule is COCCCOc1cc(F)ccc1C=O. The van der Waals surface area contributed by atoms with Gasteiger partial charge in [-0.3, -0.25) is 4.79 Å². The molecule has 0 spiro atoms. The monoisotopic (exact) mass is 212 g/mol. The molecule has 1 rings (SSSR count). The average molecular weight is 212 g/mol. The highest BCUT2D eigenvalue weighted by Crippen LogP contribution is 2.18. The summed E-state index contributed by atoms with van der Waals surface area (Å²) in [6.07, 6.45) is 1.34. The van der Waals surface area contributed by atoms with Crippen molar-refractivity contribution < 1.29 is 18.7 Å². The molecule has 4 heteroatoms. The van der Waals surface area contributed by atoms with Crippen molar-refractivity contribution in [2.45, 2.75) is 6.42 Å². The molecule has 0 amide bonds. The Morgan fingerprint density at radius 3 is 2.87 bits per heavy atom. The quantitative estimate of drug-likeness (QED) is 0.534. The molecule has 0 aliphatic rings. The molecule has 15 heavy (non-hydrogen) atoms. The lowest BCUT2D eigenvalue weighted by Crippen LogP contribution is -2.03. The number of rotatable bonds is 6. The highest BCUT2D eigenvalue weighted by molar-refractivity contribution is 5.79. The van der Waals surface area contributed by atoms with Crippen LogP contribution in [0.25, 0.3) is 0 Å². The van der Waals surface area contributed by atoms with E-state index in [1.807, 2.05) is 0 Å². The molecule has 0 aliphatic carbocycles. The van der Waals surface area contributed by atoms with Gasteiger partial charge in [-0.2, -0.15) is 0 Å². The maximum absolute atomic E-state index is 12.8. The Morgan fingerprint density at radius 2 is 2.20 bits per heavy atom. The summed E-state index contributed by atoms with van der Waals surface area (Å²) in [7, 11) is 1.60. The smallest absolute Gasteiger partial charge is 0.153 e. The fourth-order valence-corrected chi connectivity index (χ4v) is 1.12. The van der Waals surface area contributed by atoms with Crippen LogP contribution in [-0.4, -0.2) is 26.6 Å². The molecule has 1 aromatic rings. The van der Waals surface area contributed by atoms with Crippen LogP contribution in [0.2, 0.25) is 0 Å². The van der Waals surface area contributed by atoms with Crippen LogP contribution in [-0.2, 0) is 4.74 Å². The minimum atomic E-state index is -0.414. The molecule has 0 aliphatic heterocycles. The Kier molecular flexibility index (Phi) is 4.77. The van der Waals surface area contributed by atoms with E-state index in [1.54, 1.807) is 7.11 Å². The average Bonchev–Trinajstić information content (AvgIpc) is 2.25. The van der Waals surface area contributed by atoms with Gasteiger partial charge in [-0.1, -0.05) is 0 Å². The number of carbonyl (C=O) groups excluding carboxylic acids is 1. The van der Waals surface area contributed by atoms with Crippen molar-refractivity contribution >= 4 is 6.29 Å². The Bertz CT molecular complexity index is 326. The first-order valence-corrected chi connectivity index (χ1v) is 4.64. The van der Waals surface area contributed by atoms with Gasteiger partial charge in [0, 0.05) is 26.2 Å². The van der Waals surface area contributed by atoms with Gasteiger partial charge in [0.2, 0.25) is 0 Å². The number of methoxy groups -OCH3 is 1. The van der Waals surface area contributed by atoms with E-state index in [0.717, 1.165) is 0 Å². The summed E-state index contributed by atoms with van der Waals surface area (Å²) in [4.78, 5) is 10.6. The van der Waals surface area contributed by atoms with Gasteiger partial charge in [-0.15, -0.1) is 0 Å².